The molecule has 18 heavy (non-hydrogen) atoms. The van der Waals surface area contributed by atoms with Crippen LogP contribution in [-0.2, 0) is 7.05 Å². The van der Waals surface area contributed by atoms with Crippen LogP contribution in [0.1, 0.15) is 0 Å². The molecule has 5 nitrogen and oxygen atoms in total. The lowest BCUT2D eigenvalue weighted by molar-refractivity contribution is 0.415. The van der Waals surface area contributed by atoms with E-state index >= 15 is 0 Å². The SMILES string of the molecule is COc1ccc2[nH]c(-c3c(N)cnn3C)cc2c1. The number of nitrogens with two attached hydrogens (primary N) is 1. The smallest absolute Gasteiger partial charge is 0.119 e. The number of nitrogen functional groups attached to an aromatic ring is 1. The Morgan fingerprint density at radius 3 is 2.83 bits per heavy atom. The number of nitrogens with zero attached hydrogens (tertiary/aromatic N) is 2. The van der Waals surface area contributed by atoms with Crippen molar-refractivity contribution < 1.29 is 4.74 Å². The lowest BCUT2D eigenvalue weighted by Gasteiger charge is -1.99. The molecule has 0 saturated carbocycles. The Morgan fingerprint density at radius 1 is 1.33 bits per heavy atom. The molecule has 3 N–H and O–H groups in total. The average molecular weight is 242 g/mol. The van der Waals surface area contributed by atoms with Crippen LogP contribution in [0, 0.1) is 0 Å². The summed E-state index contributed by atoms with van der Waals surface area (Å²) < 4.78 is 6.97. The number of fused-ring (bicyclic) bond motifs is 1. The highest BCUT2D eigenvalue weighted by atomic mass is 16.5. The minimum Gasteiger partial charge on any atom is -0.497 e. The summed E-state index contributed by atoms with van der Waals surface area (Å²) in [7, 11) is 3.53. The van der Waals surface area contributed by atoms with E-state index in [0.29, 0.717) is 5.69 Å². The van der Waals surface area contributed by atoms with Gasteiger partial charge in [0.2, 0.25) is 0 Å². The molecule has 2 aromatic heterocycles. The first-order valence-corrected chi connectivity index (χ1v) is 5.63. The van der Waals surface area contributed by atoms with Gasteiger partial charge >= 0.3 is 0 Å². The van der Waals surface area contributed by atoms with Crippen molar-refractivity contribution in [3.63, 3.8) is 0 Å². The largest absolute Gasteiger partial charge is 0.497 e. The molecule has 0 fully saturated rings. The Bertz CT molecular complexity index is 691. The van der Waals surface area contributed by atoms with Gasteiger partial charge < -0.3 is 15.5 Å². The summed E-state index contributed by atoms with van der Waals surface area (Å²) >= 11 is 0. The standard InChI is InChI=1S/C13H14N4O/c1-17-13(10(14)7-15-17)12-6-8-5-9(18-2)3-4-11(8)16-12/h3-7,16H,14H2,1-2H3. The first-order chi connectivity index (χ1) is 8.69. The third kappa shape index (κ3) is 1.52. The zero-order valence-corrected chi connectivity index (χ0v) is 10.3. The molecule has 3 aromatic rings. The molecule has 0 amide bonds. The van der Waals surface area contributed by atoms with E-state index in [4.69, 9.17) is 10.5 Å². The van der Waals surface area contributed by atoms with Gasteiger partial charge in [-0.25, -0.2) is 0 Å². The van der Waals surface area contributed by atoms with Gasteiger partial charge in [-0.2, -0.15) is 5.10 Å². The Balaban J connectivity index is 2.19. The number of methoxy groups -OCH3 is 1. The summed E-state index contributed by atoms with van der Waals surface area (Å²) in [4.78, 5) is 3.33. The molecule has 2 heterocycles. The van der Waals surface area contributed by atoms with Crippen LogP contribution in [0.25, 0.3) is 22.3 Å². The number of aryl methyl sites for hydroxylation is 1. The highest BCUT2D eigenvalue weighted by molar-refractivity contribution is 5.88. The minimum atomic E-state index is 0.663. The van der Waals surface area contributed by atoms with E-state index in [2.05, 4.69) is 10.1 Å². The highest BCUT2D eigenvalue weighted by Crippen LogP contribution is 2.29. The molecule has 3 rings (SSSR count). The van der Waals surface area contributed by atoms with Crippen LogP contribution >= 0.6 is 0 Å². The van der Waals surface area contributed by atoms with Crippen LogP contribution in [0.4, 0.5) is 5.69 Å². The number of nitrogens with one attached hydrogen (secondary N) is 1. The van der Waals surface area contributed by atoms with Crippen LogP contribution < -0.4 is 10.5 Å². The third-order valence-corrected chi connectivity index (χ3v) is 3.05. The average Bonchev–Trinajstić information content (AvgIpc) is 2.91. The second-order valence-corrected chi connectivity index (χ2v) is 4.21. The summed E-state index contributed by atoms with van der Waals surface area (Å²) in [6.07, 6.45) is 1.65. The van der Waals surface area contributed by atoms with Crippen LogP contribution in [0.2, 0.25) is 0 Å². The molecule has 0 radical (unpaired) electrons. The zero-order chi connectivity index (χ0) is 12.7. The molecule has 1 aromatic carbocycles. The summed E-state index contributed by atoms with van der Waals surface area (Å²) in [5.41, 5.74) is 9.48. The fourth-order valence-corrected chi connectivity index (χ4v) is 2.15. The fourth-order valence-electron chi connectivity index (χ4n) is 2.15. The van der Waals surface area contributed by atoms with Crippen molar-refractivity contribution in [3.8, 4) is 17.1 Å². The number of aromatic nitrogens is 3. The van der Waals surface area contributed by atoms with Crippen molar-refractivity contribution >= 4 is 16.6 Å². The van der Waals surface area contributed by atoms with Crippen LogP contribution in [-0.4, -0.2) is 21.9 Å². The molecule has 0 atom stereocenters. The summed E-state index contributed by atoms with van der Waals surface area (Å²) in [5.74, 6) is 0.839. The Hall–Kier alpha value is -2.43. The topological polar surface area (TPSA) is 68.9 Å². The molecule has 0 saturated heterocycles. The quantitative estimate of drug-likeness (QED) is 0.723. The number of hydrogen-bond donors (Lipinski definition) is 2. The van der Waals surface area contributed by atoms with E-state index in [0.717, 1.165) is 28.0 Å². The first-order valence-electron chi connectivity index (χ1n) is 5.63. The van der Waals surface area contributed by atoms with E-state index in [1.807, 2.05) is 31.3 Å². The van der Waals surface area contributed by atoms with E-state index in [1.54, 1.807) is 18.0 Å². The molecule has 0 aliphatic heterocycles. The molecule has 0 bridgehead atoms. The van der Waals surface area contributed by atoms with E-state index in [9.17, 15) is 0 Å². The van der Waals surface area contributed by atoms with Crippen molar-refractivity contribution in [2.24, 2.45) is 7.05 Å². The number of hydrogen-bond acceptors (Lipinski definition) is 3. The number of aromatic amines is 1. The van der Waals surface area contributed by atoms with Crippen LogP contribution in [0.3, 0.4) is 0 Å². The maximum atomic E-state index is 5.92. The van der Waals surface area contributed by atoms with Crippen molar-refractivity contribution in [1.82, 2.24) is 14.8 Å². The molecule has 0 spiro atoms. The highest BCUT2D eigenvalue weighted by Gasteiger charge is 2.11. The zero-order valence-electron chi connectivity index (χ0n) is 10.3. The normalized spacial score (nSPS) is 11.0. The fraction of sp³-hybridized carbons (Fsp3) is 0.154. The van der Waals surface area contributed by atoms with Gasteiger partial charge in [0.25, 0.3) is 0 Å². The predicted octanol–water partition coefficient (Wildman–Crippen LogP) is 2.16. The number of ether oxygens (including phenoxy) is 1. The maximum Gasteiger partial charge on any atom is 0.119 e. The number of benzene rings is 1. The van der Waals surface area contributed by atoms with Gasteiger partial charge in [0, 0.05) is 18.0 Å². The second kappa shape index (κ2) is 3.80. The molecule has 0 aliphatic rings. The van der Waals surface area contributed by atoms with Gasteiger partial charge in [-0.15, -0.1) is 0 Å². The van der Waals surface area contributed by atoms with Gasteiger partial charge in [0.05, 0.1) is 24.7 Å². The summed E-state index contributed by atoms with van der Waals surface area (Å²) in [6, 6.07) is 7.95. The lowest BCUT2D eigenvalue weighted by atomic mass is 10.2. The number of rotatable bonds is 2. The van der Waals surface area contributed by atoms with Gasteiger partial charge in [0.15, 0.2) is 0 Å². The van der Waals surface area contributed by atoms with Crippen LogP contribution in [0.15, 0.2) is 30.5 Å². The van der Waals surface area contributed by atoms with Gasteiger partial charge in [0.1, 0.15) is 11.4 Å². The molecular weight excluding hydrogens is 228 g/mol. The lowest BCUT2D eigenvalue weighted by Crippen LogP contribution is -1.95. The maximum absolute atomic E-state index is 5.92. The summed E-state index contributed by atoms with van der Waals surface area (Å²) in [6.45, 7) is 0. The van der Waals surface area contributed by atoms with Gasteiger partial charge in [-0.05, 0) is 24.3 Å². The Morgan fingerprint density at radius 2 is 2.17 bits per heavy atom. The van der Waals surface area contributed by atoms with Gasteiger partial charge in [-0.1, -0.05) is 0 Å². The van der Waals surface area contributed by atoms with Crippen molar-refractivity contribution in [3.05, 3.63) is 30.5 Å². The Labute approximate surface area is 104 Å². The van der Waals surface area contributed by atoms with Crippen molar-refractivity contribution in [2.45, 2.75) is 0 Å². The summed E-state index contributed by atoms with van der Waals surface area (Å²) in [5, 5.41) is 5.23. The number of anilines is 1. The monoisotopic (exact) mass is 242 g/mol. The molecule has 5 heteroatoms. The van der Waals surface area contributed by atoms with Crippen LogP contribution in [0.5, 0.6) is 5.75 Å². The minimum absolute atomic E-state index is 0.663. The number of H-pyrrole nitrogens is 1. The molecular formula is C13H14N4O. The van der Waals surface area contributed by atoms with Gasteiger partial charge in [-0.3, -0.25) is 4.68 Å². The van der Waals surface area contributed by atoms with E-state index < -0.39 is 0 Å². The third-order valence-electron chi connectivity index (χ3n) is 3.05. The second-order valence-electron chi connectivity index (χ2n) is 4.21. The first kappa shape index (κ1) is 10.7. The molecule has 0 unspecified atom stereocenters. The van der Waals surface area contributed by atoms with E-state index in [1.165, 1.54) is 0 Å². The Kier molecular flexibility index (Phi) is 2.26. The van der Waals surface area contributed by atoms with Crippen molar-refractivity contribution in [1.29, 1.82) is 0 Å². The van der Waals surface area contributed by atoms with E-state index in [-0.39, 0.29) is 0 Å². The molecule has 0 aliphatic carbocycles. The molecule has 92 valence electrons. The van der Waals surface area contributed by atoms with Crippen molar-refractivity contribution in [2.75, 3.05) is 12.8 Å². The predicted molar refractivity (Wildman–Crippen MR) is 71.5 cm³/mol.